The number of aromatic nitrogens is 3. The van der Waals surface area contributed by atoms with Crippen molar-refractivity contribution in [2.45, 2.75) is 323 Å². The van der Waals surface area contributed by atoms with E-state index < -0.39 is 0 Å². The molecule has 0 atom stereocenters. The Morgan fingerprint density at radius 2 is 0.795 bits per heavy atom. The Kier molecular flexibility index (Phi) is 20.1. The zero-order valence-corrected chi connectivity index (χ0v) is 52.0. The normalized spacial score (nSPS) is 24.2. The van der Waals surface area contributed by atoms with Gasteiger partial charge in [0.1, 0.15) is 0 Å². The summed E-state index contributed by atoms with van der Waals surface area (Å²) in [5.41, 5.74) is 0.832. The molecule has 0 bridgehead atoms. The number of nitrogens with one attached hydrogen (secondary N) is 6. The van der Waals surface area contributed by atoms with Crippen molar-refractivity contribution in [3.63, 3.8) is 0 Å². The minimum atomic E-state index is -0.0183. The highest BCUT2D eigenvalue weighted by Crippen LogP contribution is 2.39. The van der Waals surface area contributed by atoms with Crippen LogP contribution < -0.4 is 41.7 Å². The summed E-state index contributed by atoms with van der Waals surface area (Å²) in [7, 11) is 2.36. The molecule has 12 nitrogen and oxygen atoms in total. The van der Waals surface area contributed by atoms with Crippen LogP contribution in [0.2, 0.25) is 0 Å². The van der Waals surface area contributed by atoms with Gasteiger partial charge in [0.25, 0.3) is 0 Å². The van der Waals surface area contributed by atoms with Gasteiger partial charge in [-0.05, 0) is 225 Å². The maximum absolute atomic E-state index is 5.72. The number of piperidine rings is 4. The molecule has 1 aromatic rings. The minimum absolute atomic E-state index is 0.0179. The molecule has 0 aromatic carbocycles. The van der Waals surface area contributed by atoms with Gasteiger partial charge < -0.3 is 46.6 Å². The van der Waals surface area contributed by atoms with Crippen LogP contribution in [0.5, 0.6) is 0 Å². The second-order valence-corrected chi connectivity index (χ2v) is 32.0. The first-order valence-electron chi connectivity index (χ1n) is 29.9. The molecule has 424 valence electrons. The van der Waals surface area contributed by atoms with Gasteiger partial charge in [-0.15, -0.1) is 0 Å². The summed E-state index contributed by atoms with van der Waals surface area (Å²) in [5, 5.41) is 23.6. The molecule has 0 radical (unpaired) electrons. The van der Waals surface area contributed by atoms with Gasteiger partial charge in [-0.25, -0.2) is 0 Å². The van der Waals surface area contributed by atoms with E-state index in [0.29, 0.717) is 24.2 Å². The van der Waals surface area contributed by atoms with Crippen LogP contribution >= 0.6 is 0 Å². The first kappa shape index (κ1) is 62.0. The fourth-order valence-corrected chi connectivity index (χ4v) is 15.7. The van der Waals surface area contributed by atoms with Crippen LogP contribution in [0.15, 0.2) is 0 Å². The van der Waals surface area contributed by atoms with E-state index in [0.717, 1.165) is 95.5 Å². The van der Waals surface area contributed by atoms with Gasteiger partial charge in [-0.3, -0.25) is 0 Å². The standard InChI is InChI=1S/C61H120N12/c1-52(2,3)43-53(4,5)44-63-49-64-50(72(47-39-58(14,15)69-59(16,17)40-47)33-29-24-23-27-31-62-45-35-54(6,7)67-55(8,9)36-45)66-51(65-49)73(48-41-60(18,19)70-61(20,21)42-48)34-30-26-25-28-32-71(22)46-37-56(10,11)68-57(12,13)38-46/h45-48,62,67-70H,23-44H2,1-22H3,(H,63,64,65,66). The number of hydrogen-bond donors (Lipinski definition) is 6. The zero-order chi connectivity index (χ0) is 54.7. The zero-order valence-electron chi connectivity index (χ0n) is 52.0. The quantitative estimate of drug-likeness (QED) is 0.0553. The first-order valence-corrected chi connectivity index (χ1v) is 29.9. The summed E-state index contributed by atoms with van der Waals surface area (Å²) in [6.45, 7) is 54.7. The van der Waals surface area contributed by atoms with Gasteiger partial charge in [-0.2, -0.15) is 15.0 Å². The summed E-state index contributed by atoms with van der Waals surface area (Å²) < 4.78 is 0. The highest BCUT2D eigenvalue weighted by Gasteiger charge is 2.44. The predicted molar refractivity (Wildman–Crippen MR) is 316 cm³/mol. The molecule has 0 amide bonds. The summed E-state index contributed by atoms with van der Waals surface area (Å²) in [6.07, 6.45) is 19.5. The van der Waals surface area contributed by atoms with E-state index in [2.05, 4.69) is 199 Å². The van der Waals surface area contributed by atoms with Gasteiger partial charge in [0.2, 0.25) is 17.8 Å². The lowest BCUT2D eigenvalue weighted by molar-refractivity contribution is 0.0805. The molecule has 5 rings (SSSR count). The van der Waals surface area contributed by atoms with Gasteiger partial charge in [0.15, 0.2) is 0 Å². The van der Waals surface area contributed by atoms with E-state index in [-0.39, 0.29) is 55.1 Å². The van der Waals surface area contributed by atoms with Gasteiger partial charge in [0.05, 0.1) is 0 Å². The van der Waals surface area contributed by atoms with Crippen molar-refractivity contribution in [3.8, 4) is 0 Å². The van der Waals surface area contributed by atoms with Crippen LogP contribution in [-0.4, -0.2) is 128 Å². The average Bonchev–Trinajstić information content (AvgIpc) is 3.15. The number of unbranched alkanes of at least 4 members (excludes halogenated alkanes) is 6. The Labute approximate surface area is 451 Å². The third-order valence-corrected chi connectivity index (χ3v) is 16.5. The van der Waals surface area contributed by atoms with Crippen LogP contribution in [0.3, 0.4) is 0 Å². The molecule has 0 spiro atoms. The average molecular weight is 1020 g/mol. The molecule has 0 unspecified atom stereocenters. The Morgan fingerprint density at radius 1 is 0.452 bits per heavy atom. The molecule has 4 fully saturated rings. The van der Waals surface area contributed by atoms with Crippen LogP contribution in [0.1, 0.15) is 255 Å². The monoisotopic (exact) mass is 1020 g/mol. The van der Waals surface area contributed by atoms with E-state index in [1.54, 1.807) is 0 Å². The summed E-state index contributed by atoms with van der Waals surface area (Å²) in [5.74, 6) is 2.42. The molecule has 73 heavy (non-hydrogen) atoms. The second-order valence-electron chi connectivity index (χ2n) is 32.0. The van der Waals surface area contributed by atoms with Crippen molar-refractivity contribution in [2.75, 3.05) is 54.9 Å². The minimum Gasteiger partial charge on any atom is -0.353 e. The lowest BCUT2D eigenvalue weighted by atomic mass is 9.76. The third-order valence-electron chi connectivity index (χ3n) is 16.5. The number of hydrogen-bond acceptors (Lipinski definition) is 12. The Hall–Kier alpha value is -1.83. The highest BCUT2D eigenvalue weighted by molar-refractivity contribution is 5.47. The van der Waals surface area contributed by atoms with Crippen LogP contribution in [0.4, 0.5) is 17.8 Å². The van der Waals surface area contributed by atoms with E-state index in [9.17, 15) is 0 Å². The fourth-order valence-electron chi connectivity index (χ4n) is 15.7. The van der Waals surface area contributed by atoms with Crippen LogP contribution in [-0.2, 0) is 0 Å². The van der Waals surface area contributed by atoms with Crippen molar-refractivity contribution in [2.24, 2.45) is 10.8 Å². The lowest BCUT2D eigenvalue weighted by Crippen LogP contribution is -2.63. The van der Waals surface area contributed by atoms with Crippen LogP contribution in [0, 0.1) is 10.8 Å². The Morgan fingerprint density at radius 3 is 1.18 bits per heavy atom. The van der Waals surface area contributed by atoms with Gasteiger partial charge in [0, 0.05) is 88.1 Å². The maximum Gasteiger partial charge on any atom is 0.232 e. The largest absolute Gasteiger partial charge is 0.353 e. The first-order chi connectivity index (χ1) is 33.2. The summed E-state index contributed by atoms with van der Waals surface area (Å²) >= 11 is 0. The molecule has 0 aliphatic carbocycles. The number of anilines is 3. The molecule has 0 saturated carbocycles. The summed E-state index contributed by atoms with van der Waals surface area (Å²) in [4.78, 5) is 24.6. The van der Waals surface area contributed by atoms with Crippen LogP contribution in [0.25, 0.3) is 0 Å². The third kappa shape index (κ3) is 20.8. The van der Waals surface area contributed by atoms with E-state index in [4.69, 9.17) is 15.0 Å². The van der Waals surface area contributed by atoms with Gasteiger partial charge >= 0.3 is 0 Å². The van der Waals surface area contributed by atoms with Crippen molar-refractivity contribution >= 4 is 17.8 Å². The second kappa shape index (κ2) is 23.6. The van der Waals surface area contributed by atoms with Gasteiger partial charge in [-0.1, -0.05) is 60.3 Å². The highest BCUT2D eigenvalue weighted by atomic mass is 15.4. The van der Waals surface area contributed by atoms with E-state index in [1.807, 2.05) is 0 Å². The molecule has 6 N–H and O–H groups in total. The molecule has 12 heteroatoms. The topological polar surface area (TPSA) is 121 Å². The molecule has 4 aliphatic heterocycles. The molecule has 4 aliphatic rings. The fraction of sp³-hybridized carbons (Fsp3) is 0.951. The molecular formula is C61H120N12. The Balaban J connectivity index is 1.42. The lowest BCUT2D eigenvalue weighted by Gasteiger charge is -2.50. The van der Waals surface area contributed by atoms with Crippen molar-refractivity contribution < 1.29 is 0 Å². The number of nitrogens with zero attached hydrogens (tertiary/aromatic N) is 6. The maximum atomic E-state index is 5.72. The van der Waals surface area contributed by atoms with E-state index >= 15 is 0 Å². The SMILES string of the molecule is CN(CCCCCCN(c1nc(NCC(C)(C)CC(C)(C)C)nc(N(CCCCCCNC2CC(C)(C)NC(C)(C)C2)C2CC(C)(C)NC(C)(C)C2)n1)C1CC(C)(C)NC(C)(C)C1)C1CC(C)(C)NC(C)(C)C1. The molecule has 4 saturated heterocycles. The van der Waals surface area contributed by atoms with Crippen molar-refractivity contribution in [3.05, 3.63) is 0 Å². The Bertz CT molecular complexity index is 1810. The smallest absolute Gasteiger partial charge is 0.232 e. The molecule has 5 heterocycles. The molecule has 1 aromatic heterocycles. The van der Waals surface area contributed by atoms with E-state index in [1.165, 1.54) is 64.2 Å². The predicted octanol–water partition coefficient (Wildman–Crippen LogP) is 12.2. The van der Waals surface area contributed by atoms with Crippen molar-refractivity contribution in [1.82, 2.24) is 46.4 Å². The molecular weight excluding hydrogens is 901 g/mol. The number of rotatable bonds is 24. The van der Waals surface area contributed by atoms with Crippen molar-refractivity contribution in [1.29, 1.82) is 0 Å². The summed E-state index contributed by atoms with van der Waals surface area (Å²) in [6, 6.07) is 1.77.